The highest BCUT2D eigenvalue weighted by molar-refractivity contribution is 14.1. The quantitative estimate of drug-likeness (QED) is 0.571. The van der Waals surface area contributed by atoms with Crippen molar-refractivity contribution in [1.29, 1.82) is 0 Å². The van der Waals surface area contributed by atoms with E-state index in [1.807, 2.05) is 0 Å². The lowest BCUT2D eigenvalue weighted by Crippen LogP contribution is -2.41. The lowest BCUT2D eigenvalue weighted by atomic mass is 9.63. The molecule has 0 amide bonds. The third-order valence-corrected chi connectivity index (χ3v) is 4.55. The molecule has 0 bridgehead atoms. The molecule has 1 aromatic rings. The van der Waals surface area contributed by atoms with Gasteiger partial charge < -0.3 is 0 Å². The Labute approximate surface area is 93.9 Å². The zero-order chi connectivity index (χ0) is 9.31. The summed E-state index contributed by atoms with van der Waals surface area (Å²) in [7, 11) is 0. The first kappa shape index (κ1) is 9.50. The molecular weight excluding hydrogens is 271 g/mol. The van der Waals surface area contributed by atoms with E-state index in [1.165, 1.54) is 19.3 Å². The van der Waals surface area contributed by atoms with Crippen molar-refractivity contribution in [3.8, 4) is 0 Å². The predicted octanol–water partition coefficient (Wildman–Crippen LogP) is 3.93. The average molecular weight is 286 g/mol. The number of alkyl halides is 1. The summed E-state index contributed by atoms with van der Waals surface area (Å²) in [6, 6.07) is 11.0. The fourth-order valence-electron chi connectivity index (χ4n) is 2.24. The van der Waals surface area contributed by atoms with Gasteiger partial charge in [-0.2, -0.15) is 0 Å². The average Bonchev–Trinajstić information content (AvgIpc) is 2.03. The van der Waals surface area contributed by atoms with Crippen LogP contribution >= 0.6 is 22.6 Å². The summed E-state index contributed by atoms with van der Waals surface area (Å²) < 4.78 is 0.751. The Morgan fingerprint density at radius 1 is 1.23 bits per heavy atom. The lowest BCUT2D eigenvalue weighted by Gasteiger charge is -2.45. The minimum absolute atomic E-state index is 0.502. The number of rotatable bonds is 2. The molecule has 1 aliphatic rings. The van der Waals surface area contributed by atoms with Gasteiger partial charge in [-0.1, -0.05) is 66.3 Å². The Morgan fingerprint density at radius 3 is 2.23 bits per heavy atom. The second-order valence-electron chi connectivity index (χ2n) is 3.99. The van der Waals surface area contributed by atoms with Crippen LogP contribution in [0.1, 0.15) is 31.7 Å². The minimum Gasteiger partial charge on any atom is -0.0820 e. The van der Waals surface area contributed by atoms with E-state index in [-0.39, 0.29) is 0 Å². The third kappa shape index (κ3) is 1.51. The van der Waals surface area contributed by atoms with E-state index in [2.05, 4.69) is 59.8 Å². The third-order valence-electron chi connectivity index (χ3n) is 3.36. The smallest absolute Gasteiger partial charge is 0.0178 e. The molecule has 13 heavy (non-hydrogen) atoms. The van der Waals surface area contributed by atoms with Gasteiger partial charge in [-0.3, -0.25) is 0 Å². The van der Waals surface area contributed by atoms with E-state index < -0.39 is 0 Å². The summed E-state index contributed by atoms with van der Waals surface area (Å²) >= 11 is 2.58. The number of halogens is 1. The maximum absolute atomic E-state index is 2.58. The van der Waals surface area contributed by atoms with Gasteiger partial charge in [0.1, 0.15) is 0 Å². The van der Waals surface area contributed by atoms with E-state index in [0.29, 0.717) is 5.41 Å². The monoisotopic (exact) mass is 286 g/mol. The van der Waals surface area contributed by atoms with Gasteiger partial charge in [0.2, 0.25) is 0 Å². The molecule has 1 fully saturated rings. The predicted molar refractivity (Wildman–Crippen MR) is 65.5 cm³/mol. The molecular formula is C12H15I. The van der Waals surface area contributed by atoms with Gasteiger partial charge in [-0.05, 0) is 18.4 Å². The molecule has 0 aromatic heterocycles. The standard InChI is InChI=1S/C12H15I/c1-10(13)12(8-5-9-12)11-6-3-2-4-7-11/h2-4,6-7,10H,5,8-9H2,1H3. The highest BCUT2D eigenvalue weighted by atomic mass is 127. The van der Waals surface area contributed by atoms with Crippen molar-refractivity contribution in [3.05, 3.63) is 35.9 Å². The zero-order valence-electron chi connectivity index (χ0n) is 7.96. The molecule has 1 unspecified atom stereocenters. The van der Waals surface area contributed by atoms with E-state index in [0.717, 1.165) is 3.92 Å². The van der Waals surface area contributed by atoms with Crippen molar-refractivity contribution in [3.63, 3.8) is 0 Å². The summed E-state index contributed by atoms with van der Waals surface area (Å²) in [6.45, 7) is 2.34. The van der Waals surface area contributed by atoms with E-state index in [9.17, 15) is 0 Å². The highest BCUT2D eigenvalue weighted by Gasteiger charge is 2.41. The van der Waals surface area contributed by atoms with Crippen LogP contribution in [-0.2, 0) is 5.41 Å². The molecule has 1 atom stereocenters. The first-order valence-corrected chi connectivity index (χ1v) is 6.20. The lowest BCUT2D eigenvalue weighted by molar-refractivity contribution is 0.249. The first-order chi connectivity index (χ1) is 6.26. The van der Waals surface area contributed by atoms with Crippen LogP contribution in [0.5, 0.6) is 0 Å². The second-order valence-corrected chi connectivity index (χ2v) is 5.86. The fourth-order valence-corrected chi connectivity index (χ4v) is 3.23. The van der Waals surface area contributed by atoms with Crippen LogP contribution in [0.4, 0.5) is 0 Å². The van der Waals surface area contributed by atoms with Gasteiger partial charge in [0, 0.05) is 9.34 Å². The normalized spacial score (nSPS) is 22.0. The molecule has 1 saturated carbocycles. The van der Waals surface area contributed by atoms with Crippen LogP contribution in [0.25, 0.3) is 0 Å². The SMILES string of the molecule is CC(I)C1(c2ccccc2)CCC1. The van der Waals surface area contributed by atoms with Crippen LogP contribution in [-0.4, -0.2) is 3.92 Å². The molecule has 0 heterocycles. The van der Waals surface area contributed by atoms with Crippen LogP contribution in [0.2, 0.25) is 0 Å². The van der Waals surface area contributed by atoms with Gasteiger partial charge in [0.05, 0.1) is 0 Å². The Morgan fingerprint density at radius 2 is 1.85 bits per heavy atom. The van der Waals surface area contributed by atoms with E-state index in [1.54, 1.807) is 5.56 Å². The van der Waals surface area contributed by atoms with Crippen molar-refractivity contribution in [2.75, 3.05) is 0 Å². The molecule has 1 aromatic carbocycles. The molecule has 0 aliphatic heterocycles. The van der Waals surface area contributed by atoms with Gasteiger partial charge in [0.15, 0.2) is 0 Å². The van der Waals surface area contributed by atoms with Crippen LogP contribution < -0.4 is 0 Å². The van der Waals surface area contributed by atoms with E-state index in [4.69, 9.17) is 0 Å². The van der Waals surface area contributed by atoms with Crippen molar-refractivity contribution < 1.29 is 0 Å². The minimum atomic E-state index is 0.502. The molecule has 2 rings (SSSR count). The highest BCUT2D eigenvalue weighted by Crippen LogP contribution is 2.48. The number of hydrogen-bond donors (Lipinski definition) is 0. The van der Waals surface area contributed by atoms with Gasteiger partial charge >= 0.3 is 0 Å². The largest absolute Gasteiger partial charge is 0.0820 e. The zero-order valence-corrected chi connectivity index (χ0v) is 10.1. The van der Waals surface area contributed by atoms with Crippen LogP contribution in [0.15, 0.2) is 30.3 Å². The summed E-state index contributed by atoms with van der Waals surface area (Å²) in [5.74, 6) is 0. The molecule has 0 N–H and O–H groups in total. The van der Waals surface area contributed by atoms with Crippen molar-refractivity contribution in [2.45, 2.75) is 35.5 Å². The fraction of sp³-hybridized carbons (Fsp3) is 0.500. The van der Waals surface area contributed by atoms with Gasteiger partial charge in [-0.25, -0.2) is 0 Å². The molecule has 0 radical (unpaired) electrons. The number of benzene rings is 1. The van der Waals surface area contributed by atoms with Gasteiger partial charge in [-0.15, -0.1) is 0 Å². The Balaban J connectivity index is 2.32. The summed E-state index contributed by atoms with van der Waals surface area (Å²) in [4.78, 5) is 0. The van der Waals surface area contributed by atoms with Crippen LogP contribution in [0.3, 0.4) is 0 Å². The van der Waals surface area contributed by atoms with Gasteiger partial charge in [0.25, 0.3) is 0 Å². The maximum atomic E-state index is 2.58. The summed E-state index contributed by atoms with van der Waals surface area (Å²) in [5.41, 5.74) is 2.05. The molecule has 1 heteroatoms. The van der Waals surface area contributed by atoms with Crippen molar-refractivity contribution in [1.82, 2.24) is 0 Å². The van der Waals surface area contributed by atoms with E-state index >= 15 is 0 Å². The summed E-state index contributed by atoms with van der Waals surface area (Å²) in [5, 5.41) is 0. The van der Waals surface area contributed by atoms with Crippen LogP contribution in [0, 0.1) is 0 Å². The topological polar surface area (TPSA) is 0 Å². The summed E-state index contributed by atoms with van der Waals surface area (Å²) in [6.07, 6.45) is 4.16. The second kappa shape index (κ2) is 3.60. The van der Waals surface area contributed by atoms with Crippen molar-refractivity contribution in [2.24, 2.45) is 0 Å². The molecule has 0 spiro atoms. The molecule has 0 nitrogen and oxygen atoms in total. The Kier molecular flexibility index (Phi) is 2.63. The molecule has 1 aliphatic carbocycles. The first-order valence-electron chi connectivity index (χ1n) is 4.95. The molecule has 0 saturated heterocycles. The Bertz CT molecular complexity index is 272. The molecule has 70 valence electrons. The van der Waals surface area contributed by atoms with Crippen molar-refractivity contribution >= 4 is 22.6 Å². The number of hydrogen-bond acceptors (Lipinski definition) is 0. The maximum Gasteiger partial charge on any atom is 0.0178 e. The Hall–Kier alpha value is -0.0500.